The van der Waals surface area contributed by atoms with Crippen LogP contribution >= 0.6 is 0 Å². The molecule has 2 aliphatic heterocycles. The highest BCUT2D eigenvalue weighted by atomic mass is 16.5. The number of guanidine groups is 1. The smallest absolute Gasteiger partial charge is 0.193 e. The summed E-state index contributed by atoms with van der Waals surface area (Å²) in [6.45, 7) is 7.80. The number of aliphatic imine (C=N–C) groups is 1. The van der Waals surface area contributed by atoms with Crippen LogP contribution in [-0.4, -0.2) is 86.0 Å². The molecule has 2 heterocycles. The van der Waals surface area contributed by atoms with E-state index in [2.05, 4.69) is 20.1 Å². The van der Waals surface area contributed by atoms with Gasteiger partial charge in [-0.3, -0.25) is 9.89 Å². The quantitative estimate of drug-likeness (QED) is 0.583. The topological polar surface area (TPSA) is 60.3 Å². The van der Waals surface area contributed by atoms with Crippen molar-refractivity contribution in [1.29, 1.82) is 0 Å². The SMILES string of the molecule is CN=C(NCC1(O)CCCC1)N1CCC(CN2CCOCC2)C1. The Kier molecular flexibility index (Phi) is 5.77. The Labute approximate surface area is 139 Å². The maximum absolute atomic E-state index is 10.5. The summed E-state index contributed by atoms with van der Waals surface area (Å²) in [4.78, 5) is 9.30. The van der Waals surface area contributed by atoms with E-state index in [0.29, 0.717) is 12.5 Å². The first-order chi connectivity index (χ1) is 11.2. The average Bonchev–Trinajstić information content (AvgIpc) is 3.19. The maximum atomic E-state index is 10.5. The van der Waals surface area contributed by atoms with Crippen molar-refractivity contribution in [2.75, 3.05) is 59.5 Å². The van der Waals surface area contributed by atoms with Gasteiger partial charge in [0.2, 0.25) is 0 Å². The lowest BCUT2D eigenvalue weighted by molar-refractivity contribution is 0.0315. The summed E-state index contributed by atoms with van der Waals surface area (Å²) in [5.74, 6) is 1.66. The molecule has 1 atom stereocenters. The van der Waals surface area contributed by atoms with Crippen molar-refractivity contribution in [2.45, 2.75) is 37.7 Å². The molecule has 6 nitrogen and oxygen atoms in total. The summed E-state index contributed by atoms with van der Waals surface area (Å²) in [5.41, 5.74) is -0.525. The van der Waals surface area contributed by atoms with Crippen molar-refractivity contribution in [1.82, 2.24) is 15.1 Å². The van der Waals surface area contributed by atoms with Crippen molar-refractivity contribution in [3.63, 3.8) is 0 Å². The summed E-state index contributed by atoms with van der Waals surface area (Å²) in [7, 11) is 1.84. The molecule has 3 fully saturated rings. The molecule has 2 saturated heterocycles. The summed E-state index contributed by atoms with van der Waals surface area (Å²) in [6.07, 6.45) is 5.33. The highest BCUT2D eigenvalue weighted by Gasteiger charge is 2.32. The summed E-state index contributed by atoms with van der Waals surface area (Å²) >= 11 is 0. The first-order valence-corrected chi connectivity index (χ1v) is 9.17. The van der Waals surface area contributed by atoms with E-state index in [0.717, 1.165) is 71.0 Å². The summed E-state index contributed by atoms with van der Waals surface area (Å²) in [5, 5.41) is 13.9. The molecule has 23 heavy (non-hydrogen) atoms. The molecule has 132 valence electrons. The van der Waals surface area contributed by atoms with Gasteiger partial charge in [0.05, 0.1) is 18.8 Å². The molecule has 3 rings (SSSR count). The second-order valence-corrected chi connectivity index (χ2v) is 7.35. The van der Waals surface area contributed by atoms with Crippen molar-refractivity contribution in [3.8, 4) is 0 Å². The molecule has 6 heteroatoms. The van der Waals surface area contributed by atoms with Gasteiger partial charge in [-0.15, -0.1) is 0 Å². The van der Waals surface area contributed by atoms with E-state index in [-0.39, 0.29) is 0 Å². The molecule has 0 aromatic heterocycles. The van der Waals surface area contributed by atoms with Gasteiger partial charge in [-0.25, -0.2) is 0 Å². The highest BCUT2D eigenvalue weighted by molar-refractivity contribution is 5.80. The Morgan fingerprint density at radius 2 is 2.00 bits per heavy atom. The van der Waals surface area contributed by atoms with Gasteiger partial charge in [-0.1, -0.05) is 12.8 Å². The second kappa shape index (κ2) is 7.81. The van der Waals surface area contributed by atoms with Gasteiger partial charge < -0.3 is 20.1 Å². The number of rotatable bonds is 4. The van der Waals surface area contributed by atoms with Crippen LogP contribution in [0.25, 0.3) is 0 Å². The molecule has 0 radical (unpaired) electrons. The van der Waals surface area contributed by atoms with Crippen LogP contribution in [0.15, 0.2) is 4.99 Å². The van der Waals surface area contributed by atoms with E-state index >= 15 is 0 Å². The van der Waals surface area contributed by atoms with E-state index < -0.39 is 5.60 Å². The van der Waals surface area contributed by atoms with E-state index in [4.69, 9.17) is 4.74 Å². The van der Waals surface area contributed by atoms with Gasteiger partial charge in [0, 0.05) is 46.3 Å². The zero-order chi connectivity index (χ0) is 16.1. The summed E-state index contributed by atoms with van der Waals surface area (Å²) < 4.78 is 5.43. The van der Waals surface area contributed by atoms with Gasteiger partial charge in [0.25, 0.3) is 0 Å². The predicted octanol–water partition coefficient (Wildman–Crippen LogP) is 0.521. The third kappa shape index (κ3) is 4.58. The second-order valence-electron chi connectivity index (χ2n) is 7.35. The Morgan fingerprint density at radius 1 is 1.26 bits per heavy atom. The molecule has 1 unspecified atom stereocenters. The van der Waals surface area contributed by atoms with Crippen LogP contribution in [0.2, 0.25) is 0 Å². The minimum atomic E-state index is -0.525. The van der Waals surface area contributed by atoms with Crippen LogP contribution in [0.5, 0.6) is 0 Å². The molecular formula is C17H32N4O2. The van der Waals surface area contributed by atoms with E-state index in [9.17, 15) is 5.11 Å². The Balaban J connectivity index is 1.44. The van der Waals surface area contributed by atoms with Crippen LogP contribution in [0.3, 0.4) is 0 Å². The monoisotopic (exact) mass is 324 g/mol. The first kappa shape index (κ1) is 17.0. The van der Waals surface area contributed by atoms with Crippen LogP contribution in [-0.2, 0) is 4.74 Å². The van der Waals surface area contributed by atoms with E-state index in [1.54, 1.807) is 0 Å². The Morgan fingerprint density at radius 3 is 2.70 bits per heavy atom. The molecule has 0 aromatic carbocycles. The third-order valence-electron chi connectivity index (χ3n) is 5.53. The van der Waals surface area contributed by atoms with Gasteiger partial charge in [0.1, 0.15) is 0 Å². The zero-order valence-corrected chi connectivity index (χ0v) is 14.5. The lowest BCUT2D eigenvalue weighted by Crippen LogP contribution is -2.47. The molecule has 0 aromatic rings. The fraction of sp³-hybridized carbons (Fsp3) is 0.941. The van der Waals surface area contributed by atoms with Crippen LogP contribution in [0.1, 0.15) is 32.1 Å². The van der Waals surface area contributed by atoms with Gasteiger partial charge in [-0.05, 0) is 25.2 Å². The Hall–Kier alpha value is -0.850. The molecule has 2 N–H and O–H groups in total. The first-order valence-electron chi connectivity index (χ1n) is 9.17. The van der Waals surface area contributed by atoms with Gasteiger partial charge in [-0.2, -0.15) is 0 Å². The van der Waals surface area contributed by atoms with Gasteiger partial charge in [0.15, 0.2) is 5.96 Å². The number of likely N-dealkylation sites (tertiary alicyclic amines) is 1. The minimum Gasteiger partial charge on any atom is -0.388 e. The Bertz CT molecular complexity index is 403. The van der Waals surface area contributed by atoms with Crippen LogP contribution in [0.4, 0.5) is 0 Å². The lowest BCUT2D eigenvalue weighted by atomic mass is 10.0. The molecule has 0 bridgehead atoms. The van der Waals surface area contributed by atoms with Gasteiger partial charge >= 0.3 is 0 Å². The summed E-state index contributed by atoms with van der Waals surface area (Å²) in [6, 6.07) is 0. The van der Waals surface area contributed by atoms with Crippen molar-refractivity contribution < 1.29 is 9.84 Å². The van der Waals surface area contributed by atoms with Crippen LogP contribution in [0, 0.1) is 5.92 Å². The van der Waals surface area contributed by atoms with Crippen LogP contribution < -0.4 is 5.32 Å². The van der Waals surface area contributed by atoms with E-state index in [1.165, 1.54) is 13.0 Å². The molecule has 0 amide bonds. The normalized spacial score (nSPS) is 29.2. The number of nitrogens with zero attached hydrogens (tertiary/aromatic N) is 3. The molecule has 1 saturated carbocycles. The maximum Gasteiger partial charge on any atom is 0.193 e. The molecule has 1 aliphatic carbocycles. The van der Waals surface area contributed by atoms with Crippen molar-refractivity contribution in [3.05, 3.63) is 0 Å². The fourth-order valence-electron chi connectivity index (χ4n) is 4.11. The standard InChI is InChI=1S/C17H32N4O2/c1-18-16(19-14-17(22)5-2-3-6-17)21-7-4-15(13-21)12-20-8-10-23-11-9-20/h15,22H,2-14H2,1H3,(H,18,19). The molecule has 0 spiro atoms. The third-order valence-corrected chi connectivity index (χ3v) is 5.53. The number of aliphatic hydroxyl groups is 1. The fourth-order valence-corrected chi connectivity index (χ4v) is 4.11. The van der Waals surface area contributed by atoms with E-state index in [1.807, 2.05) is 7.05 Å². The average molecular weight is 324 g/mol. The number of ether oxygens (including phenoxy) is 1. The minimum absolute atomic E-state index is 0.525. The highest BCUT2D eigenvalue weighted by Crippen LogP contribution is 2.28. The predicted molar refractivity (Wildman–Crippen MR) is 91.7 cm³/mol. The largest absolute Gasteiger partial charge is 0.388 e. The molecule has 3 aliphatic rings. The number of nitrogens with one attached hydrogen (secondary N) is 1. The zero-order valence-electron chi connectivity index (χ0n) is 14.5. The van der Waals surface area contributed by atoms with Crippen molar-refractivity contribution in [2.24, 2.45) is 10.9 Å². The number of morpholine rings is 1. The molecular weight excluding hydrogens is 292 g/mol. The number of hydrogen-bond donors (Lipinski definition) is 2. The van der Waals surface area contributed by atoms with Crippen molar-refractivity contribution >= 4 is 5.96 Å². The lowest BCUT2D eigenvalue weighted by Gasteiger charge is -2.30. The number of hydrogen-bond acceptors (Lipinski definition) is 4.